The average molecular weight is 591 g/mol. The second-order valence-corrected chi connectivity index (χ2v) is 10.6. The number of amides is 2. The van der Waals surface area contributed by atoms with E-state index in [1.165, 1.54) is 0 Å². The summed E-state index contributed by atoms with van der Waals surface area (Å²) in [4.78, 5) is 49.4. The highest BCUT2D eigenvalue weighted by Crippen LogP contribution is 2.27. The Hall–Kier alpha value is -4.20. The van der Waals surface area contributed by atoms with Gasteiger partial charge in [0.1, 0.15) is 11.5 Å². The first-order chi connectivity index (χ1) is 20.4. The van der Waals surface area contributed by atoms with Crippen LogP contribution in [0.2, 0.25) is 0 Å². The van der Waals surface area contributed by atoms with E-state index in [9.17, 15) is 19.2 Å². The molecule has 43 heavy (non-hydrogen) atoms. The number of ketones is 2. The molecular formula is C35H46N2O6. The van der Waals surface area contributed by atoms with Crippen molar-refractivity contribution in [2.75, 3.05) is 26.3 Å². The first-order valence-electron chi connectivity index (χ1n) is 14.9. The number of rotatable bonds is 18. The zero-order valence-corrected chi connectivity index (χ0v) is 26.5. The maximum Gasteiger partial charge on any atom is 0.257 e. The van der Waals surface area contributed by atoms with E-state index in [0.717, 1.165) is 41.5 Å². The highest BCUT2D eigenvalue weighted by molar-refractivity contribution is 6.10. The number of allylic oxidation sites excluding steroid dienone is 2. The maximum absolute atomic E-state index is 12.5. The Morgan fingerprint density at radius 2 is 0.977 bits per heavy atom. The predicted molar refractivity (Wildman–Crippen MR) is 170 cm³/mol. The molecule has 8 heteroatoms. The molecule has 0 aromatic heterocycles. The molecule has 2 N–H and O–H groups in total. The summed E-state index contributed by atoms with van der Waals surface area (Å²) < 4.78 is 11.4. The van der Waals surface area contributed by atoms with Crippen LogP contribution in [-0.4, -0.2) is 49.7 Å². The van der Waals surface area contributed by atoms with Gasteiger partial charge in [-0.3, -0.25) is 19.2 Å². The molecule has 0 unspecified atom stereocenters. The highest BCUT2D eigenvalue weighted by Gasteiger charge is 2.17. The number of hydrogen-bond acceptors (Lipinski definition) is 6. The molecule has 0 fully saturated rings. The van der Waals surface area contributed by atoms with E-state index in [1.54, 1.807) is 24.3 Å². The highest BCUT2D eigenvalue weighted by atomic mass is 16.5. The molecule has 0 bridgehead atoms. The van der Waals surface area contributed by atoms with Crippen molar-refractivity contribution in [3.63, 3.8) is 0 Å². The Balaban J connectivity index is 1.65. The minimum Gasteiger partial charge on any atom is -0.483 e. The van der Waals surface area contributed by atoms with Crippen LogP contribution in [-0.2, 0) is 9.59 Å². The Morgan fingerprint density at radius 3 is 1.33 bits per heavy atom. The van der Waals surface area contributed by atoms with Gasteiger partial charge in [-0.15, -0.1) is 0 Å². The van der Waals surface area contributed by atoms with Gasteiger partial charge in [-0.1, -0.05) is 27.0 Å². The third kappa shape index (κ3) is 9.94. The van der Waals surface area contributed by atoms with E-state index in [4.69, 9.17) is 9.47 Å². The molecule has 0 aliphatic carbocycles. The molecule has 0 spiro atoms. The normalized spacial score (nSPS) is 10.6. The van der Waals surface area contributed by atoms with Crippen LogP contribution in [0.15, 0.2) is 48.6 Å². The molecule has 232 valence electrons. The van der Waals surface area contributed by atoms with E-state index in [1.807, 2.05) is 41.5 Å². The lowest BCUT2D eigenvalue weighted by atomic mass is 9.95. The molecule has 2 aromatic carbocycles. The molecule has 0 atom stereocenters. The number of carbonyl (C=O) groups excluding carboxylic acids is 4. The molecule has 2 aromatic rings. The summed E-state index contributed by atoms with van der Waals surface area (Å²) in [5.41, 5.74) is 5.62. The van der Waals surface area contributed by atoms with Gasteiger partial charge < -0.3 is 20.1 Å². The average Bonchev–Trinajstić information content (AvgIpc) is 3.00. The van der Waals surface area contributed by atoms with Gasteiger partial charge in [0.25, 0.3) is 11.8 Å². The van der Waals surface area contributed by atoms with E-state index in [-0.39, 0.29) is 36.6 Å². The summed E-state index contributed by atoms with van der Waals surface area (Å²) in [6, 6.07) is 6.88. The zero-order chi connectivity index (χ0) is 32.1. The van der Waals surface area contributed by atoms with Crippen LogP contribution in [0.25, 0.3) is 0 Å². The maximum atomic E-state index is 12.5. The Morgan fingerprint density at radius 1 is 0.605 bits per heavy atom. The Labute approximate surface area is 255 Å². The lowest BCUT2D eigenvalue weighted by molar-refractivity contribution is -0.123. The third-order valence-corrected chi connectivity index (χ3v) is 7.68. The number of benzene rings is 2. The van der Waals surface area contributed by atoms with Crippen LogP contribution in [0.3, 0.4) is 0 Å². The minimum absolute atomic E-state index is 0.0687. The molecule has 0 saturated heterocycles. The van der Waals surface area contributed by atoms with Crippen molar-refractivity contribution in [1.29, 1.82) is 0 Å². The SMILES string of the molecule is C=C(CC)C(=O)c1ccc(OCC(=O)NCCCCCNC(=O)COc2ccc(C(=O)C(=C)CC)c(C)c2C)c(C)c1C. The number of carbonyl (C=O) groups is 4. The Kier molecular flexibility index (Phi) is 13.9. The van der Waals surface area contributed by atoms with Gasteiger partial charge in [-0.25, -0.2) is 0 Å². The molecule has 0 saturated carbocycles. The standard InChI is InChI=1S/C35H46N2O6/c1-9-22(3)34(40)28-14-16-30(26(7)24(28)5)42-20-32(38)36-18-12-11-13-19-37-33(39)21-43-31-17-15-29(25(6)27(31)8)35(41)23(4)10-2/h14-17H,3-4,9-13,18-21H2,1-2,5-8H3,(H,36,38)(H,37,39). The molecule has 2 rings (SSSR count). The summed E-state index contributed by atoms with van der Waals surface area (Å²) in [6.45, 7) is 19.7. The Bertz CT molecular complexity index is 1270. The van der Waals surface area contributed by atoms with Gasteiger partial charge in [0, 0.05) is 24.2 Å². The van der Waals surface area contributed by atoms with E-state index >= 15 is 0 Å². The fourth-order valence-electron chi connectivity index (χ4n) is 4.37. The first kappa shape index (κ1) is 35.0. The van der Waals surface area contributed by atoms with E-state index in [0.29, 0.717) is 59.7 Å². The number of unbranched alkanes of at least 4 members (excludes halogenated alkanes) is 2. The quantitative estimate of drug-likeness (QED) is 0.124. The van der Waals surface area contributed by atoms with Gasteiger partial charge in [0.15, 0.2) is 24.8 Å². The number of Topliss-reactive ketones (excluding diaryl/α,β-unsaturated/α-hetero) is 2. The smallest absolute Gasteiger partial charge is 0.257 e. The van der Waals surface area contributed by atoms with E-state index < -0.39 is 0 Å². The van der Waals surface area contributed by atoms with Crippen molar-refractivity contribution in [2.24, 2.45) is 0 Å². The molecule has 0 heterocycles. The minimum atomic E-state index is -0.222. The van der Waals surface area contributed by atoms with Gasteiger partial charge in [0.05, 0.1) is 0 Å². The van der Waals surface area contributed by atoms with Crippen molar-refractivity contribution in [3.05, 3.63) is 82.0 Å². The second-order valence-electron chi connectivity index (χ2n) is 10.6. The summed E-state index contributed by atoms with van der Waals surface area (Å²) in [5.74, 6) is 0.561. The first-order valence-corrected chi connectivity index (χ1v) is 14.9. The molecule has 0 aliphatic rings. The molecule has 2 amide bonds. The molecule has 0 aliphatic heterocycles. The van der Waals surface area contributed by atoms with Gasteiger partial charge in [-0.05, 0) is 117 Å². The van der Waals surface area contributed by atoms with Gasteiger partial charge in [0.2, 0.25) is 0 Å². The molecule has 8 nitrogen and oxygen atoms in total. The van der Waals surface area contributed by atoms with Gasteiger partial charge >= 0.3 is 0 Å². The largest absolute Gasteiger partial charge is 0.483 e. The summed E-state index contributed by atoms with van der Waals surface area (Å²) in [7, 11) is 0. The van der Waals surface area contributed by atoms with Crippen LogP contribution < -0.4 is 20.1 Å². The van der Waals surface area contributed by atoms with Crippen molar-refractivity contribution in [3.8, 4) is 11.5 Å². The fourth-order valence-corrected chi connectivity index (χ4v) is 4.37. The fraction of sp³-hybridized carbons (Fsp3) is 0.429. The van der Waals surface area contributed by atoms with Crippen molar-refractivity contribution in [2.45, 2.75) is 73.6 Å². The zero-order valence-electron chi connectivity index (χ0n) is 26.5. The molecule has 0 radical (unpaired) electrons. The van der Waals surface area contributed by atoms with Crippen molar-refractivity contribution in [1.82, 2.24) is 10.6 Å². The van der Waals surface area contributed by atoms with Crippen LogP contribution in [0.4, 0.5) is 0 Å². The molecular weight excluding hydrogens is 544 g/mol. The summed E-state index contributed by atoms with van der Waals surface area (Å²) >= 11 is 0. The lowest BCUT2D eigenvalue weighted by Gasteiger charge is -2.14. The number of hydrogen-bond donors (Lipinski definition) is 2. The topological polar surface area (TPSA) is 111 Å². The van der Waals surface area contributed by atoms with E-state index in [2.05, 4.69) is 23.8 Å². The summed E-state index contributed by atoms with van der Waals surface area (Å²) in [5, 5.41) is 5.69. The van der Waals surface area contributed by atoms with Crippen LogP contribution in [0, 0.1) is 27.7 Å². The van der Waals surface area contributed by atoms with Crippen molar-refractivity contribution >= 4 is 23.4 Å². The second kappa shape index (κ2) is 17.0. The summed E-state index contributed by atoms with van der Waals surface area (Å²) in [6.07, 6.45) is 3.55. The number of nitrogens with one attached hydrogen (secondary N) is 2. The van der Waals surface area contributed by atoms with Crippen LogP contribution in [0.1, 0.15) is 88.9 Å². The van der Waals surface area contributed by atoms with Gasteiger partial charge in [-0.2, -0.15) is 0 Å². The monoisotopic (exact) mass is 590 g/mol. The van der Waals surface area contributed by atoms with Crippen LogP contribution >= 0.6 is 0 Å². The number of ether oxygens (including phenoxy) is 2. The third-order valence-electron chi connectivity index (χ3n) is 7.68. The lowest BCUT2D eigenvalue weighted by Crippen LogP contribution is -2.31. The van der Waals surface area contributed by atoms with Crippen molar-refractivity contribution < 1.29 is 28.7 Å². The van der Waals surface area contributed by atoms with Crippen LogP contribution in [0.5, 0.6) is 11.5 Å². The predicted octanol–water partition coefficient (Wildman–Crippen LogP) is 6.08.